The van der Waals surface area contributed by atoms with E-state index in [1.807, 2.05) is 63.2 Å². The van der Waals surface area contributed by atoms with E-state index in [4.69, 9.17) is 9.47 Å². The first kappa shape index (κ1) is 21.5. The molecule has 146 valence electrons. The Morgan fingerprint density at radius 2 is 1.74 bits per heavy atom. The fourth-order valence-electron chi connectivity index (χ4n) is 2.57. The molecule has 0 saturated carbocycles. The van der Waals surface area contributed by atoms with Crippen LogP contribution in [0.5, 0.6) is 5.75 Å². The normalized spacial score (nSPS) is 12.0. The van der Waals surface area contributed by atoms with Crippen LogP contribution in [0.25, 0.3) is 0 Å². The molecule has 2 rings (SSSR count). The minimum atomic E-state index is -0.937. The highest BCUT2D eigenvalue weighted by Crippen LogP contribution is 2.27. The van der Waals surface area contributed by atoms with Crippen LogP contribution in [0.1, 0.15) is 51.3 Å². The predicted octanol–water partition coefficient (Wildman–Crippen LogP) is 5.14. The summed E-state index contributed by atoms with van der Waals surface area (Å²) in [6.45, 7) is 9.36. The van der Waals surface area contributed by atoms with Crippen molar-refractivity contribution in [3.8, 4) is 5.75 Å². The summed E-state index contributed by atoms with van der Waals surface area (Å²) in [6.07, 6.45) is 0.154. The number of hydrogen-bond donors (Lipinski definition) is 1. The molecule has 0 fully saturated rings. The smallest absolute Gasteiger partial charge is 0.310 e. The number of ether oxygens (including phenoxy) is 2. The van der Waals surface area contributed by atoms with Gasteiger partial charge in [-0.25, -0.2) is 0 Å². The topological polar surface area (TPSA) is 55.8 Å². The van der Waals surface area contributed by atoms with Gasteiger partial charge < -0.3 is 14.6 Å². The van der Waals surface area contributed by atoms with Crippen LogP contribution >= 0.6 is 15.9 Å². The maximum Gasteiger partial charge on any atom is 0.310 e. The van der Waals surface area contributed by atoms with E-state index in [0.29, 0.717) is 12.4 Å². The maximum atomic E-state index is 12.1. The van der Waals surface area contributed by atoms with E-state index in [0.717, 1.165) is 21.2 Å². The Balaban J connectivity index is 2.13. The molecule has 0 radical (unpaired) electrons. The average molecular weight is 435 g/mol. The van der Waals surface area contributed by atoms with Crippen molar-refractivity contribution in [1.29, 1.82) is 0 Å². The molecule has 0 heterocycles. The Morgan fingerprint density at radius 3 is 2.37 bits per heavy atom. The maximum absolute atomic E-state index is 12.1. The molecule has 5 heteroatoms. The van der Waals surface area contributed by atoms with Gasteiger partial charge in [0.25, 0.3) is 0 Å². The molecule has 2 aromatic carbocycles. The molecular weight excluding hydrogens is 408 g/mol. The molecule has 0 aliphatic carbocycles. The Bertz CT molecular complexity index is 801. The largest absolute Gasteiger partial charge is 0.489 e. The molecule has 1 N–H and O–H groups in total. The number of para-hydroxylation sites is 1. The Hall–Kier alpha value is -1.85. The lowest BCUT2D eigenvalue weighted by molar-refractivity contribution is -0.153. The molecule has 0 saturated heterocycles. The SMILES string of the molecule is CC(C)(C)OC(=O)Cc1ccccc1OCc1cc(Br)cc(C(C)(C)O)c1. The zero-order valence-corrected chi connectivity index (χ0v) is 18.1. The number of rotatable bonds is 6. The summed E-state index contributed by atoms with van der Waals surface area (Å²) in [5.74, 6) is 0.360. The third kappa shape index (κ3) is 7.00. The fourth-order valence-corrected chi connectivity index (χ4v) is 3.11. The highest BCUT2D eigenvalue weighted by Gasteiger charge is 2.19. The lowest BCUT2D eigenvalue weighted by Gasteiger charge is -2.20. The Kier molecular flexibility index (Phi) is 6.71. The van der Waals surface area contributed by atoms with Gasteiger partial charge in [-0.05, 0) is 70.0 Å². The molecular formula is C22H27BrO4. The molecule has 0 amide bonds. The van der Waals surface area contributed by atoms with Gasteiger partial charge in [0, 0.05) is 10.0 Å². The molecule has 4 nitrogen and oxygen atoms in total. The number of hydrogen-bond acceptors (Lipinski definition) is 4. The van der Waals surface area contributed by atoms with E-state index in [-0.39, 0.29) is 12.4 Å². The summed E-state index contributed by atoms with van der Waals surface area (Å²) < 4.78 is 12.2. The summed E-state index contributed by atoms with van der Waals surface area (Å²) in [6, 6.07) is 13.2. The van der Waals surface area contributed by atoms with Crippen LogP contribution < -0.4 is 4.74 Å². The second kappa shape index (κ2) is 8.44. The molecule has 0 bridgehead atoms. The molecule has 0 aliphatic heterocycles. The zero-order valence-electron chi connectivity index (χ0n) is 16.5. The predicted molar refractivity (Wildman–Crippen MR) is 110 cm³/mol. The molecule has 0 spiro atoms. The second-order valence-corrected chi connectivity index (χ2v) is 8.98. The minimum absolute atomic E-state index is 0.154. The lowest BCUT2D eigenvalue weighted by atomic mass is 9.97. The highest BCUT2D eigenvalue weighted by atomic mass is 79.9. The van der Waals surface area contributed by atoms with Crippen molar-refractivity contribution in [2.45, 2.75) is 58.8 Å². The summed E-state index contributed by atoms with van der Waals surface area (Å²) >= 11 is 3.48. The van der Waals surface area contributed by atoms with Crippen LogP contribution in [-0.4, -0.2) is 16.7 Å². The van der Waals surface area contributed by atoms with Crippen molar-refractivity contribution in [2.24, 2.45) is 0 Å². The third-order valence-electron chi connectivity index (χ3n) is 3.79. The number of halogens is 1. The van der Waals surface area contributed by atoms with Gasteiger partial charge in [-0.3, -0.25) is 4.79 Å². The van der Waals surface area contributed by atoms with Crippen molar-refractivity contribution in [2.75, 3.05) is 0 Å². The second-order valence-electron chi connectivity index (χ2n) is 8.07. The first-order valence-electron chi connectivity index (χ1n) is 8.89. The Labute approximate surface area is 169 Å². The van der Waals surface area contributed by atoms with Crippen LogP contribution in [0.2, 0.25) is 0 Å². The molecule has 27 heavy (non-hydrogen) atoms. The van der Waals surface area contributed by atoms with E-state index in [2.05, 4.69) is 15.9 Å². The van der Waals surface area contributed by atoms with Crippen molar-refractivity contribution >= 4 is 21.9 Å². The highest BCUT2D eigenvalue weighted by molar-refractivity contribution is 9.10. The summed E-state index contributed by atoms with van der Waals surface area (Å²) in [7, 11) is 0. The monoisotopic (exact) mass is 434 g/mol. The Morgan fingerprint density at radius 1 is 1.07 bits per heavy atom. The van der Waals surface area contributed by atoms with Crippen LogP contribution in [0, 0.1) is 0 Å². The number of esters is 1. The molecule has 0 aromatic heterocycles. The quantitative estimate of drug-likeness (QED) is 0.639. The van der Waals surface area contributed by atoms with Crippen LogP contribution in [0.4, 0.5) is 0 Å². The van der Waals surface area contributed by atoms with E-state index >= 15 is 0 Å². The zero-order chi connectivity index (χ0) is 20.2. The first-order chi connectivity index (χ1) is 12.4. The van der Waals surface area contributed by atoms with Crippen molar-refractivity contribution in [1.82, 2.24) is 0 Å². The van der Waals surface area contributed by atoms with Crippen LogP contribution in [0.3, 0.4) is 0 Å². The number of carbonyl (C=O) groups excluding carboxylic acids is 1. The van der Waals surface area contributed by atoms with Gasteiger partial charge in [-0.2, -0.15) is 0 Å². The molecule has 2 aromatic rings. The first-order valence-corrected chi connectivity index (χ1v) is 9.68. The van der Waals surface area contributed by atoms with Gasteiger partial charge in [0.05, 0.1) is 12.0 Å². The van der Waals surface area contributed by atoms with Gasteiger partial charge in [-0.15, -0.1) is 0 Å². The molecule has 0 unspecified atom stereocenters. The molecule has 0 aliphatic rings. The van der Waals surface area contributed by atoms with E-state index in [1.165, 1.54) is 0 Å². The van der Waals surface area contributed by atoms with Gasteiger partial charge in [0.1, 0.15) is 18.0 Å². The van der Waals surface area contributed by atoms with Gasteiger partial charge in [0.15, 0.2) is 0 Å². The number of benzene rings is 2. The summed E-state index contributed by atoms with van der Waals surface area (Å²) in [5.41, 5.74) is 1.06. The average Bonchev–Trinajstić information content (AvgIpc) is 2.51. The van der Waals surface area contributed by atoms with E-state index in [1.54, 1.807) is 13.8 Å². The van der Waals surface area contributed by atoms with Crippen molar-refractivity contribution < 1.29 is 19.4 Å². The van der Waals surface area contributed by atoms with Gasteiger partial charge >= 0.3 is 5.97 Å². The minimum Gasteiger partial charge on any atom is -0.489 e. The standard InChI is InChI=1S/C22H27BrO4/c1-21(2,3)27-20(24)12-16-8-6-7-9-19(16)26-14-15-10-17(22(4,5)25)13-18(23)11-15/h6-11,13,25H,12,14H2,1-5H3. The van der Waals surface area contributed by atoms with Gasteiger partial charge in [0.2, 0.25) is 0 Å². The molecule has 0 atom stereocenters. The third-order valence-corrected chi connectivity index (χ3v) is 4.24. The summed E-state index contributed by atoms with van der Waals surface area (Å²) in [5, 5.41) is 10.2. The van der Waals surface area contributed by atoms with E-state index < -0.39 is 11.2 Å². The fraction of sp³-hybridized carbons (Fsp3) is 0.409. The van der Waals surface area contributed by atoms with Crippen LogP contribution in [0.15, 0.2) is 46.9 Å². The van der Waals surface area contributed by atoms with Gasteiger partial charge in [-0.1, -0.05) is 34.1 Å². The van der Waals surface area contributed by atoms with E-state index in [9.17, 15) is 9.90 Å². The van der Waals surface area contributed by atoms with Crippen LogP contribution in [-0.2, 0) is 28.2 Å². The number of aliphatic hydroxyl groups is 1. The van der Waals surface area contributed by atoms with Crippen molar-refractivity contribution in [3.63, 3.8) is 0 Å². The summed E-state index contributed by atoms with van der Waals surface area (Å²) in [4.78, 5) is 12.1. The van der Waals surface area contributed by atoms with Crippen molar-refractivity contribution in [3.05, 3.63) is 63.6 Å². The number of carbonyl (C=O) groups is 1. The lowest BCUT2D eigenvalue weighted by Crippen LogP contribution is -2.25.